The molecule has 0 aliphatic rings. The van der Waals surface area contributed by atoms with Crippen molar-refractivity contribution in [2.24, 2.45) is 0 Å². The number of rotatable bonds is 0. The molecule has 0 fully saturated rings. The van der Waals surface area contributed by atoms with Crippen molar-refractivity contribution in [1.29, 1.82) is 0 Å². The van der Waals surface area contributed by atoms with Gasteiger partial charge in [0.25, 0.3) is 0 Å². The zero-order chi connectivity index (χ0) is 9.35. The van der Waals surface area contributed by atoms with E-state index in [1.807, 2.05) is 0 Å². The van der Waals surface area contributed by atoms with Crippen molar-refractivity contribution < 1.29 is 13.2 Å². The molecule has 0 atom stereocenters. The summed E-state index contributed by atoms with van der Waals surface area (Å²) in [7, 11) is 0. The van der Waals surface area contributed by atoms with E-state index >= 15 is 0 Å². The molecule has 1 heterocycles. The Hall–Kier alpha value is -0.770. The summed E-state index contributed by atoms with van der Waals surface area (Å²) in [5.74, 6) is 0. The highest BCUT2D eigenvalue weighted by Gasteiger charge is 2.32. The minimum Gasteiger partial charge on any atom is -0.241 e. The van der Waals surface area contributed by atoms with Crippen LogP contribution in [0.2, 0.25) is 5.15 Å². The molecule has 0 saturated heterocycles. The molecule has 0 aromatic carbocycles. The highest BCUT2D eigenvalue weighted by atomic mass is 35.5. The molecule has 0 bridgehead atoms. The van der Waals surface area contributed by atoms with E-state index in [2.05, 4.69) is 4.98 Å². The summed E-state index contributed by atoms with van der Waals surface area (Å²) in [6.45, 7) is 1.27. The first-order valence-corrected chi connectivity index (χ1v) is 3.49. The zero-order valence-electron chi connectivity index (χ0n) is 6.11. The summed E-state index contributed by atoms with van der Waals surface area (Å²) in [5.41, 5.74) is -0.845. The Kier molecular flexibility index (Phi) is 2.28. The van der Waals surface area contributed by atoms with Gasteiger partial charge in [0.15, 0.2) is 0 Å². The molecule has 0 spiro atoms. The van der Waals surface area contributed by atoms with Gasteiger partial charge in [0.1, 0.15) is 5.15 Å². The summed E-state index contributed by atoms with van der Waals surface area (Å²) in [5, 5.41) is 0.0699. The topological polar surface area (TPSA) is 12.9 Å². The lowest BCUT2D eigenvalue weighted by atomic mass is 10.2. The van der Waals surface area contributed by atoms with Crippen LogP contribution in [0.5, 0.6) is 0 Å². The van der Waals surface area contributed by atoms with Crippen LogP contribution in [0.25, 0.3) is 0 Å². The average molecular weight is 196 g/mol. The fourth-order valence-corrected chi connectivity index (χ4v) is 1.02. The minimum absolute atomic E-state index is 0.0699. The Balaban J connectivity index is 3.19. The molecular formula is C7H5ClF3N. The van der Waals surface area contributed by atoms with Gasteiger partial charge in [-0.1, -0.05) is 11.6 Å². The lowest BCUT2D eigenvalue weighted by molar-refractivity contribution is -0.138. The number of nitrogens with zero attached hydrogens (tertiary/aromatic N) is 1. The van der Waals surface area contributed by atoms with E-state index < -0.39 is 11.7 Å². The normalized spacial score (nSPS) is 11.8. The molecule has 0 unspecified atom stereocenters. The maximum atomic E-state index is 12.1. The van der Waals surface area contributed by atoms with Crippen molar-refractivity contribution in [1.82, 2.24) is 4.98 Å². The van der Waals surface area contributed by atoms with Crippen LogP contribution >= 0.6 is 11.6 Å². The van der Waals surface area contributed by atoms with Gasteiger partial charge < -0.3 is 0 Å². The second-order valence-electron chi connectivity index (χ2n) is 2.26. The van der Waals surface area contributed by atoms with Gasteiger partial charge in [-0.25, -0.2) is 4.98 Å². The van der Waals surface area contributed by atoms with Crippen molar-refractivity contribution >= 4 is 11.6 Å². The maximum Gasteiger partial charge on any atom is 0.418 e. The first kappa shape index (κ1) is 9.32. The standard InChI is InChI=1S/C7H5ClF3N/c1-4-5(7(9,10)11)2-3-6(8)12-4/h2-3H,1H3. The predicted octanol–water partition coefficient (Wildman–Crippen LogP) is 3.06. The first-order valence-electron chi connectivity index (χ1n) is 3.11. The first-order chi connectivity index (χ1) is 5.41. The largest absolute Gasteiger partial charge is 0.418 e. The molecule has 0 saturated carbocycles. The number of alkyl halides is 3. The third-order valence-corrected chi connectivity index (χ3v) is 1.57. The van der Waals surface area contributed by atoms with Crippen LogP contribution in [0.15, 0.2) is 12.1 Å². The van der Waals surface area contributed by atoms with Gasteiger partial charge in [-0.2, -0.15) is 13.2 Å². The molecular weight excluding hydrogens is 191 g/mol. The van der Waals surface area contributed by atoms with Crippen molar-refractivity contribution in [2.45, 2.75) is 13.1 Å². The van der Waals surface area contributed by atoms with Gasteiger partial charge in [0.05, 0.1) is 11.3 Å². The number of hydrogen-bond donors (Lipinski definition) is 0. The van der Waals surface area contributed by atoms with E-state index in [-0.39, 0.29) is 10.8 Å². The van der Waals surface area contributed by atoms with Crippen LogP contribution in [0.4, 0.5) is 13.2 Å². The number of aromatic nitrogens is 1. The van der Waals surface area contributed by atoms with Crippen LogP contribution in [-0.4, -0.2) is 4.98 Å². The monoisotopic (exact) mass is 195 g/mol. The third kappa shape index (κ3) is 1.88. The van der Waals surface area contributed by atoms with Gasteiger partial charge >= 0.3 is 6.18 Å². The van der Waals surface area contributed by atoms with Crippen LogP contribution in [0, 0.1) is 6.92 Å². The number of hydrogen-bond acceptors (Lipinski definition) is 1. The fourth-order valence-electron chi connectivity index (χ4n) is 0.830. The summed E-state index contributed by atoms with van der Waals surface area (Å²) in [6.07, 6.45) is -4.35. The van der Waals surface area contributed by atoms with E-state index in [4.69, 9.17) is 11.6 Å². The Morgan fingerprint density at radius 1 is 1.33 bits per heavy atom. The predicted molar refractivity (Wildman–Crippen MR) is 39.0 cm³/mol. The van der Waals surface area contributed by atoms with Crippen LogP contribution < -0.4 is 0 Å². The van der Waals surface area contributed by atoms with Crippen LogP contribution in [0.1, 0.15) is 11.3 Å². The van der Waals surface area contributed by atoms with Crippen molar-refractivity contribution in [2.75, 3.05) is 0 Å². The minimum atomic E-state index is -4.35. The van der Waals surface area contributed by atoms with Gasteiger partial charge in [-0.05, 0) is 19.1 Å². The number of aryl methyl sites for hydroxylation is 1. The molecule has 66 valence electrons. The van der Waals surface area contributed by atoms with Crippen molar-refractivity contribution in [3.63, 3.8) is 0 Å². The quantitative estimate of drug-likeness (QED) is 0.580. The fraction of sp³-hybridized carbons (Fsp3) is 0.286. The highest BCUT2D eigenvalue weighted by Crippen LogP contribution is 2.31. The Labute approximate surface area is 72.2 Å². The molecule has 1 aromatic rings. The molecule has 1 rings (SSSR count). The smallest absolute Gasteiger partial charge is 0.241 e. The second kappa shape index (κ2) is 2.94. The molecule has 0 N–H and O–H groups in total. The molecule has 0 aliphatic heterocycles. The molecule has 0 aliphatic carbocycles. The third-order valence-electron chi connectivity index (χ3n) is 1.36. The lowest BCUT2D eigenvalue weighted by Gasteiger charge is -2.08. The van der Waals surface area contributed by atoms with Crippen molar-refractivity contribution in [3.8, 4) is 0 Å². The summed E-state index contributed by atoms with van der Waals surface area (Å²) in [4.78, 5) is 3.49. The van der Waals surface area contributed by atoms with E-state index in [1.165, 1.54) is 6.92 Å². The number of pyridine rings is 1. The molecule has 1 aromatic heterocycles. The molecule has 12 heavy (non-hydrogen) atoms. The van der Waals surface area contributed by atoms with E-state index in [0.717, 1.165) is 12.1 Å². The summed E-state index contributed by atoms with van der Waals surface area (Å²) >= 11 is 5.39. The summed E-state index contributed by atoms with van der Waals surface area (Å²) < 4.78 is 36.3. The second-order valence-corrected chi connectivity index (χ2v) is 2.65. The zero-order valence-corrected chi connectivity index (χ0v) is 6.87. The SMILES string of the molecule is Cc1nc(Cl)ccc1C(F)(F)F. The Morgan fingerprint density at radius 3 is 2.33 bits per heavy atom. The summed E-state index contributed by atoms with van der Waals surface area (Å²) in [6, 6.07) is 2.04. The maximum absolute atomic E-state index is 12.1. The Bertz CT molecular complexity index is 295. The van der Waals surface area contributed by atoms with Gasteiger partial charge in [0, 0.05) is 0 Å². The van der Waals surface area contributed by atoms with Crippen LogP contribution in [0.3, 0.4) is 0 Å². The van der Waals surface area contributed by atoms with Gasteiger partial charge in [-0.3, -0.25) is 0 Å². The molecule has 0 amide bonds. The average Bonchev–Trinajstić information content (AvgIpc) is 1.83. The van der Waals surface area contributed by atoms with E-state index in [9.17, 15) is 13.2 Å². The Morgan fingerprint density at radius 2 is 1.92 bits per heavy atom. The van der Waals surface area contributed by atoms with E-state index in [1.54, 1.807) is 0 Å². The van der Waals surface area contributed by atoms with E-state index in [0.29, 0.717) is 0 Å². The van der Waals surface area contributed by atoms with Crippen molar-refractivity contribution in [3.05, 3.63) is 28.5 Å². The lowest BCUT2D eigenvalue weighted by Crippen LogP contribution is -2.08. The molecule has 5 heteroatoms. The van der Waals surface area contributed by atoms with Gasteiger partial charge in [-0.15, -0.1) is 0 Å². The van der Waals surface area contributed by atoms with Crippen LogP contribution in [-0.2, 0) is 6.18 Å². The molecule has 1 nitrogen and oxygen atoms in total. The number of halogens is 4. The molecule has 0 radical (unpaired) electrons. The van der Waals surface area contributed by atoms with Gasteiger partial charge in [0.2, 0.25) is 0 Å². The highest BCUT2D eigenvalue weighted by molar-refractivity contribution is 6.29.